The molecule has 0 spiro atoms. The van der Waals surface area contributed by atoms with Crippen molar-refractivity contribution in [2.24, 2.45) is 0 Å². The van der Waals surface area contributed by atoms with Crippen molar-refractivity contribution < 1.29 is 14.3 Å². The molecule has 1 rings (SSSR count). The maximum Gasteiger partial charge on any atom is 0.194 e. The molecule has 0 aromatic heterocycles. The largest absolute Gasteiger partial charge is 0.386 e. The molecule has 1 aliphatic rings. The summed E-state index contributed by atoms with van der Waals surface area (Å²) in [6.45, 7) is 2.50. The second kappa shape index (κ2) is 1.78. The minimum atomic E-state index is -2.03. The quantitative estimate of drug-likeness (QED) is 0.549. The number of carbonyl (C=O) groups is 1. The topological polar surface area (TPSA) is 37.3 Å². The standard InChI is InChI=1S/C7H11FO2/c1-6(10)4-3-5(9)7(6,2)8/h10H,3-4H2,1-2H3/t6-,7-/m1/s1. The number of hydrogen-bond acceptors (Lipinski definition) is 2. The van der Waals surface area contributed by atoms with Gasteiger partial charge in [0.15, 0.2) is 11.5 Å². The Bertz CT molecular complexity index is 172. The van der Waals surface area contributed by atoms with Crippen LogP contribution in [0.3, 0.4) is 0 Å². The van der Waals surface area contributed by atoms with Gasteiger partial charge in [0.05, 0.1) is 0 Å². The van der Waals surface area contributed by atoms with Crippen molar-refractivity contribution >= 4 is 5.78 Å². The SMILES string of the molecule is C[C@@]1(O)CCC(=O)[C@@]1(C)F. The molecule has 1 aliphatic carbocycles. The Morgan fingerprint density at radius 2 is 2.10 bits per heavy atom. The molecule has 0 unspecified atom stereocenters. The molecule has 0 amide bonds. The summed E-state index contributed by atoms with van der Waals surface area (Å²) < 4.78 is 13.2. The van der Waals surface area contributed by atoms with E-state index in [9.17, 15) is 14.3 Å². The lowest BCUT2D eigenvalue weighted by molar-refractivity contribution is -0.136. The van der Waals surface area contributed by atoms with Crippen LogP contribution in [0.2, 0.25) is 0 Å². The molecule has 0 radical (unpaired) electrons. The predicted molar refractivity (Wildman–Crippen MR) is 34.4 cm³/mol. The first-order valence-electron chi connectivity index (χ1n) is 3.32. The normalized spacial score (nSPS) is 48.2. The molecule has 1 fully saturated rings. The predicted octanol–water partition coefficient (Wildman–Crippen LogP) is 0.829. The van der Waals surface area contributed by atoms with Gasteiger partial charge < -0.3 is 5.11 Å². The van der Waals surface area contributed by atoms with Crippen LogP contribution in [0.15, 0.2) is 0 Å². The van der Waals surface area contributed by atoms with E-state index >= 15 is 0 Å². The fraction of sp³-hybridized carbons (Fsp3) is 0.857. The Kier molecular flexibility index (Phi) is 1.37. The number of halogens is 1. The zero-order valence-corrected chi connectivity index (χ0v) is 6.15. The molecular weight excluding hydrogens is 135 g/mol. The molecule has 0 saturated heterocycles. The van der Waals surface area contributed by atoms with Gasteiger partial charge in [0.2, 0.25) is 0 Å². The van der Waals surface area contributed by atoms with Crippen molar-refractivity contribution in [1.29, 1.82) is 0 Å². The molecule has 0 aliphatic heterocycles. The van der Waals surface area contributed by atoms with E-state index in [-0.39, 0.29) is 12.8 Å². The summed E-state index contributed by atoms with van der Waals surface area (Å²) in [5, 5.41) is 9.30. The maximum absolute atomic E-state index is 13.2. The van der Waals surface area contributed by atoms with E-state index in [0.717, 1.165) is 6.92 Å². The lowest BCUT2D eigenvalue weighted by atomic mass is 9.91. The zero-order chi connectivity index (χ0) is 7.99. The summed E-state index contributed by atoms with van der Waals surface area (Å²) in [6.07, 6.45) is 0.388. The van der Waals surface area contributed by atoms with Crippen LogP contribution in [0, 0.1) is 0 Å². The lowest BCUT2D eigenvalue weighted by Gasteiger charge is -2.26. The summed E-state index contributed by atoms with van der Waals surface area (Å²) in [4.78, 5) is 10.8. The molecule has 0 bridgehead atoms. The van der Waals surface area contributed by atoms with E-state index in [1.54, 1.807) is 0 Å². The number of ketones is 1. The van der Waals surface area contributed by atoms with Gasteiger partial charge in [-0.2, -0.15) is 0 Å². The monoisotopic (exact) mass is 146 g/mol. The van der Waals surface area contributed by atoms with Crippen LogP contribution in [0.4, 0.5) is 4.39 Å². The number of carbonyl (C=O) groups excluding carboxylic acids is 1. The summed E-state index contributed by atoms with van der Waals surface area (Å²) >= 11 is 0. The number of rotatable bonds is 0. The highest BCUT2D eigenvalue weighted by atomic mass is 19.1. The lowest BCUT2D eigenvalue weighted by Crippen LogP contribution is -2.45. The maximum atomic E-state index is 13.2. The van der Waals surface area contributed by atoms with E-state index in [1.807, 2.05) is 0 Å². The summed E-state index contributed by atoms with van der Waals surface area (Å²) in [5.41, 5.74) is -3.49. The Morgan fingerprint density at radius 3 is 2.20 bits per heavy atom. The van der Waals surface area contributed by atoms with Gasteiger partial charge in [-0.1, -0.05) is 0 Å². The van der Waals surface area contributed by atoms with Crippen LogP contribution in [-0.2, 0) is 4.79 Å². The van der Waals surface area contributed by atoms with Gasteiger partial charge in [0.25, 0.3) is 0 Å². The second-order valence-electron chi connectivity index (χ2n) is 3.20. The molecule has 10 heavy (non-hydrogen) atoms. The smallest absolute Gasteiger partial charge is 0.194 e. The van der Waals surface area contributed by atoms with Crippen molar-refractivity contribution in [3.05, 3.63) is 0 Å². The second-order valence-corrected chi connectivity index (χ2v) is 3.20. The molecule has 2 atom stereocenters. The highest BCUT2D eigenvalue weighted by molar-refractivity contribution is 5.90. The minimum Gasteiger partial charge on any atom is -0.386 e. The molecular formula is C7H11FO2. The molecule has 0 aromatic rings. The number of hydrogen-bond donors (Lipinski definition) is 1. The van der Waals surface area contributed by atoms with Crippen LogP contribution in [0.1, 0.15) is 26.7 Å². The minimum absolute atomic E-state index is 0.153. The van der Waals surface area contributed by atoms with Crippen molar-refractivity contribution in [2.45, 2.75) is 38.0 Å². The Balaban J connectivity index is 2.95. The highest BCUT2D eigenvalue weighted by Gasteiger charge is 2.54. The molecule has 0 heterocycles. The van der Waals surface area contributed by atoms with Gasteiger partial charge in [0, 0.05) is 6.42 Å². The first-order chi connectivity index (χ1) is 4.38. The third-order valence-corrected chi connectivity index (χ3v) is 2.37. The van der Waals surface area contributed by atoms with Crippen molar-refractivity contribution in [3.63, 3.8) is 0 Å². The van der Waals surface area contributed by atoms with E-state index < -0.39 is 17.1 Å². The summed E-state index contributed by atoms with van der Waals surface area (Å²) in [5.74, 6) is -0.488. The van der Waals surface area contributed by atoms with E-state index in [4.69, 9.17) is 0 Å². The summed E-state index contributed by atoms with van der Waals surface area (Å²) in [6, 6.07) is 0. The van der Waals surface area contributed by atoms with Crippen LogP contribution >= 0.6 is 0 Å². The molecule has 58 valence electrons. The van der Waals surface area contributed by atoms with Gasteiger partial charge in [-0.15, -0.1) is 0 Å². The third kappa shape index (κ3) is 0.770. The van der Waals surface area contributed by atoms with Gasteiger partial charge in [-0.25, -0.2) is 4.39 Å². The van der Waals surface area contributed by atoms with E-state index in [2.05, 4.69) is 0 Å². The fourth-order valence-corrected chi connectivity index (χ4v) is 1.13. The Hall–Kier alpha value is -0.440. The number of Topliss-reactive ketones (excluding diaryl/α,β-unsaturated/α-hetero) is 1. The van der Waals surface area contributed by atoms with Crippen molar-refractivity contribution in [2.75, 3.05) is 0 Å². The molecule has 0 aromatic carbocycles. The van der Waals surface area contributed by atoms with Crippen molar-refractivity contribution in [1.82, 2.24) is 0 Å². The fourth-order valence-electron chi connectivity index (χ4n) is 1.13. The molecule has 2 nitrogen and oxygen atoms in total. The third-order valence-electron chi connectivity index (χ3n) is 2.37. The van der Waals surface area contributed by atoms with E-state index in [0.29, 0.717) is 0 Å². The van der Waals surface area contributed by atoms with E-state index in [1.165, 1.54) is 6.92 Å². The van der Waals surface area contributed by atoms with Gasteiger partial charge in [-0.05, 0) is 20.3 Å². The van der Waals surface area contributed by atoms with Crippen LogP contribution < -0.4 is 0 Å². The average Bonchev–Trinajstić information content (AvgIpc) is 1.94. The highest BCUT2D eigenvalue weighted by Crippen LogP contribution is 2.38. The molecule has 1 N–H and O–H groups in total. The first-order valence-corrected chi connectivity index (χ1v) is 3.32. The van der Waals surface area contributed by atoms with Gasteiger partial charge in [-0.3, -0.25) is 4.79 Å². The van der Waals surface area contributed by atoms with Gasteiger partial charge in [0.1, 0.15) is 5.60 Å². The van der Waals surface area contributed by atoms with Crippen LogP contribution in [0.25, 0.3) is 0 Å². The number of alkyl halides is 1. The molecule has 1 saturated carbocycles. The number of aliphatic hydroxyl groups is 1. The Labute approximate surface area is 59.0 Å². The molecule has 3 heteroatoms. The zero-order valence-electron chi connectivity index (χ0n) is 6.15. The van der Waals surface area contributed by atoms with Crippen molar-refractivity contribution in [3.8, 4) is 0 Å². The van der Waals surface area contributed by atoms with Crippen LogP contribution in [-0.4, -0.2) is 22.2 Å². The first kappa shape index (κ1) is 7.66. The average molecular weight is 146 g/mol. The van der Waals surface area contributed by atoms with Crippen LogP contribution in [0.5, 0.6) is 0 Å². The summed E-state index contributed by atoms with van der Waals surface area (Å²) in [7, 11) is 0. The van der Waals surface area contributed by atoms with Gasteiger partial charge >= 0.3 is 0 Å². The Morgan fingerprint density at radius 1 is 1.60 bits per heavy atom.